The van der Waals surface area contributed by atoms with Gasteiger partial charge in [0.2, 0.25) is 5.91 Å². The van der Waals surface area contributed by atoms with Crippen molar-refractivity contribution in [1.82, 2.24) is 14.7 Å². The number of aryl methyl sites for hydroxylation is 2. The second-order valence-electron chi connectivity index (χ2n) is 10.5. The SMILES string of the molecule is CCCCCN(CC(=O)Nc1cc(C(C)(C)C)nn1-c1ccc(C)cc1C)C(=O)Nc1ccc(Br)cc1. The Morgan fingerprint density at radius 1 is 1.00 bits per heavy atom. The number of nitrogens with one attached hydrogen (secondary N) is 2. The van der Waals surface area contributed by atoms with Crippen LogP contribution in [-0.4, -0.2) is 39.7 Å². The van der Waals surface area contributed by atoms with Gasteiger partial charge in [-0.15, -0.1) is 0 Å². The molecule has 3 amide bonds. The van der Waals surface area contributed by atoms with E-state index >= 15 is 0 Å². The van der Waals surface area contributed by atoms with Crippen LogP contribution in [0.1, 0.15) is 63.8 Å². The Morgan fingerprint density at radius 2 is 1.70 bits per heavy atom. The van der Waals surface area contributed by atoms with Gasteiger partial charge >= 0.3 is 6.03 Å². The summed E-state index contributed by atoms with van der Waals surface area (Å²) in [6.45, 7) is 12.9. The van der Waals surface area contributed by atoms with E-state index < -0.39 is 0 Å². The highest BCUT2D eigenvalue weighted by Crippen LogP contribution is 2.28. The number of hydrogen-bond acceptors (Lipinski definition) is 3. The van der Waals surface area contributed by atoms with Gasteiger partial charge in [0, 0.05) is 28.2 Å². The van der Waals surface area contributed by atoms with Gasteiger partial charge < -0.3 is 15.5 Å². The number of carbonyl (C=O) groups is 2. The molecule has 7 nitrogen and oxygen atoms in total. The Kier molecular flexibility index (Phi) is 9.54. The summed E-state index contributed by atoms with van der Waals surface area (Å²) in [6.07, 6.45) is 2.84. The molecule has 3 rings (SSSR count). The lowest BCUT2D eigenvalue weighted by Gasteiger charge is -2.23. The van der Waals surface area contributed by atoms with Gasteiger partial charge in [-0.05, 0) is 56.2 Å². The molecule has 0 aliphatic carbocycles. The minimum absolute atomic E-state index is 0.0605. The van der Waals surface area contributed by atoms with Gasteiger partial charge in [0.05, 0.1) is 11.4 Å². The van der Waals surface area contributed by atoms with Crippen molar-refractivity contribution in [3.05, 3.63) is 69.8 Å². The van der Waals surface area contributed by atoms with Crippen LogP contribution in [0.25, 0.3) is 5.69 Å². The van der Waals surface area contributed by atoms with Crippen LogP contribution in [0, 0.1) is 13.8 Å². The maximum Gasteiger partial charge on any atom is 0.322 e. The van der Waals surface area contributed by atoms with E-state index in [-0.39, 0.29) is 23.9 Å². The van der Waals surface area contributed by atoms with Gasteiger partial charge in [0.1, 0.15) is 12.4 Å². The summed E-state index contributed by atoms with van der Waals surface area (Å²) in [6, 6.07) is 15.1. The average molecular weight is 569 g/mol. The molecule has 2 aromatic carbocycles. The topological polar surface area (TPSA) is 79.3 Å². The zero-order chi connectivity index (χ0) is 27.2. The summed E-state index contributed by atoms with van der Waals surface area (Å²) in [5, 5.41) is 10.8. The van der Waals surface area contributed by atoms with E-state index in [0.29, 0.717) is 18.1 Å². The molecule has 0 radical (unpaired) electrons. The second-order valence-corrected chi connectivity index (χ2v) is 11.4. The molecule has 0 saturated carbocycles. The number of halogens is 1. The molecule has 0 saturated heterocycles. The molecule has 0 unspecified atom stereocenters. The molecule has 0 fully saturated rings. The number of carbonyl (C=O) groups excluding carboxylic acids is 2. The summed E-state index contributed by atoms with van der Waals surface area (Å²) in [5.74, 6) is 0.317. The van der Waals surface area contributed by atoms with E-state index in [1.54, 1.807) is 9.58 Å². The van der Waals surface area contributed by atoms with Crippen LogP contribution < -0.4 is 10.6 Å². The van der Waals surface area contributed by atoms with Crippen LogP contribution in [0.15, 0.2) is 53.0 Å². The molecule has 1 aromatic heterocycles. The first kappa shape index (κ1) is 28.4. The number of anilines is 2. The smallest absolute Gasteiger partial charge is 0.315 e. The number of urea groups is 1. The average Bonchev–Trinajstić information content (AvgIpc) is 3.24. The maximum absolute atomic E-state index is 13.3. The predicted octanol–water partition coefficient (Wildman–Crippen LogP) is 7.21. The van der Waals surface area contributed by atoms with Gasteiger partial charge in [-0.1, -0.05) is 74.2 Å². The van der Waals surface area contributed by atoms with E-state index in [9.17, 15) is 9.59 Å². The molecule has 0 spiro atoms. The van der Waals surface area contributed by atoms with Crippen molar-refractivity contribution < 1.29 is 9.59 Å². The van der Waals surface area contributed by atoms with Crippen molar-refractivity contribution in [2.75, 3.05) is 23.7 Å². The second kappa shape index (κ2) is 12.4. The molecule has 0 aliphatic heterocycles. The Balaban J connectivity index is 1.83. The number of nitrogens with zero attached hydrogens (tertiary/aromatic N) is 3. The largest absolute Gasteiger partial charge is 0.322 e. The quantitative estimate of drug-likeness (QED) is 0.268. The van der Waals surface area contributed by atoms with Crippen molar-refractivity contribution >= 4 is 39.4 Å². The summed E-state index contributed by atoms with van der Waals surface area (Å²) in [7, 11) is 0. The lowest BCUT2D eigenvalue weighted by molar-refractivity contribution is -0.116. The fraction of sp³-hybridized carbons (Fsp3) is 0.414. The molecular formula is C29H38BrN5O2. The molecule has 0 bridgehead atoms. The molecule has 1 heterocycles. The van der Waals surface area contributed by atoms with Gasteiger partial charge in [-0.3, -0.25) is 4.79 Å². The normalized spacial score (nSPS) is 11.3. The van der Waals surface area contributed by atoms with Crippen molar-refractivity contribution in [2.45, 2.75) is 66.2 Å². The Bertz CT molecular complexity index is 1230. The van der Waals surface area contributed by atoms with E-state index in [4.69, 9.17) is 5.10 Å². The van der Waals surface area contributed by atoms with E-state index in [0.717, 1.165) is 46.2 Å². The summed E-state index contributed by atoms with van der Waals surface area (Å²) >= 11 is 3.41. The molecule has 0 atom stereocenters. The van der Waals surface area contributed by atoms with Crippen molar-refractivity contribution in [2.24, 2.45) is 0 Å². The van der Waals surface area contributed by atoms with Crippen LogP contribution in [-0.2, 0) is 10.2 Å². The number of amides is 3. The van der Waals surface area contributed by atoms with Crippen LogP contribution in [0.2, 0.25) is 0 Å². The van der Waals surface area contributed by atoms with E-state index in [1.807, 2.05) is 49.4 Å². The van der Waals surface area contributed by atoms with Crippen molar-refractivity contribution in [3.8, 4) is 5.69 Å². The predicted molar refractivity (Wildman–Crippen MR) is 155 cm³/mol. The third-order valence-corrected chi connectivity index (χ3v) is 6.60. The zero-order valence-electron chi connectivity index (χ0n) is 22.7. The van der Waals surface area contributed by atoms with Crippen molar-refractivity contribution in [1.29, 1.82) is 0 Å². The molecule has 37 heavy (non-hydrogen) atoms. The highest BCUT2D eigenvalue weighted by Gasteiger charge is 2.23. The molecule has 2 N–H and O–H groups in total. The Morgan fingerprint density at radius 3 is 2.32 bits per heavy atom. The summed E-state index contributed by atoms with van der Waals surface area (Å²) < 4.78 is 2.72. The Labute approximate surface area is 228 Å². The number of benzene rings is 2. The molecule has 0 aliphatic rings. The maximum atomic E-state index is 13.3. The molecule has 3 aromatic rings. The van der Waals surface area contributed by atoms with Crippen LogP contribution >= 0.6 is 15.9 Å². The summed E-state index contributed by atoms with van der Waals surface area (Å²) in [4.78, 5) is 27.9. The van der Waals surface area contributed by atoms with Gasteiger partial charge in [0.25, 0.3) is 0 Å². The van der Waals surface area contributed by atoms with Crippen LogP contribution in [0.3, 0.4) is 0 Å². The zero-order valence-corrected chi connectivity index (χ0v) is 24.3. The number of aromatic nitrogens is 2. The third-order valence-electron chi connectivity index (χ3n) is 6.07. The minimum atomic E-state index is -0.299. The first-order valence-electron chi connectivity index (χ1n) is 12.8. The number of hydrogen-bond donors (Lipinski definition) is 2. The monoisotopic (exact) mass is 567 g/mol. The fourth-order valence-corrected chi connectivity index (χ4v) is 4.22. The molecule has 8 heteroatoms. The highest BCUT2D eigenvalue weighted by molar-refractivity contribution is 9.10. The van der Waals surface area contributed by atoms with E-state index in [2.05, 4.69) is 67.2 Å². The van der Waals surface area contributed by atoms with Crippen LogP contribution in [0.4, 0.5) is 16.3 Å². The lowest BCUT2D eigenvalue weighted by Crippen LogP contribution is -2.41. The fourth-order valence-electron chi connectivity index (χ4n) is 3.96. The Hall–Kier alpha value is -3.13. The van der Waals surface area contributed by atoms with Crippen molar-refractivity contribution in [3.63, 3.8) is 0 Å². The molecule has 198 valence electrons. The molecular weight excluding hydrogens is 530 g/mol. The lowest BCUT2D eigenvalue weighted by atomic mass is 9.92. The van der Waals surface area contributed by atoms with E-state index in [1.165, 1.54) is 0 Å². The van der Waals surface area contributed by atoms with Gasteiger partial charge in [0.15, 0.2) is 0 Å². The number of unbranched alkanes of at least 4 members (excludes halogenated alkanes) is 2. The highest BCUT2D eigenvalue weighted by atomic mass is 79.9. The number of rotatable bonds is 9. The van der Waals surface area contributed by atoms with Gasteiger partial charge in [-0.2, -0.15) is 5.10 Å². The van der Waals surface area contributed by atoms with Gasteiger partial charge in [-0.25, -0.2) is 9.48 Å². The third kappa shape index (κ3) is 7.92. The standard InChI is InChI=1S/C29H38BrN5O2/c1-7-8-9-16-34(28(37)31-23-13-11-22(30)12-14-23)19-27(36)32-26-18-25(29(4,5)6)33-35(26)24-15-10-20(2)17-21(24)3/h10-15,17-18H,7-9,16,19H2,1-6H3,(H,31,37)(H,32,36). The first-order valence-corrected chi connectivity index (χ1v) is 13.6. The summed E-state index contributed by atoms with van der Waals surface area (Å²) in [5.41, 5.74) is 4.49. The minimum Gasteiger partial charge on any atom is -0.315 e. The van der Waals surface area contributed by atoms with Crippen LogP contribution in [0.5, 0.6) is 0 Å². The first-order chi connectivity index (χ1) is 17.5.